The van der Waals surface area contributed by atoms with E-state index in [1.807, 2.05) is 13.0 Å². The van der Waals surface area contributed by atoms with Crippen LogP contribution < -0.4 is 4.74 Å². The number of aryl methyl sites for hydroxylation is 1. The molecule has 4 heteroatoms. The first kappa shape index (κ1) is 14.1. The lowest BCUT2D eigenvalue weighted by Crippen LogP contribution is -1.98. The van der Waals surface area contributed by atoms with Crippen molar-refractivity contribution >= 4 is 15.9 Å². The van der Waals surface area contributed by atoms with Crippen molar-refractivity contribution < 1.29 is 4.74 Å². The first-order valence-corrected chi connectivity index (χ1v) is 7.18. The van der Waals surface area contributed by atoms with E-state index in [4.69, 9.17) is 4.74 Å². The number of ether oxygens (including phenoxy) is 1. The fourth-order valence-electron chi connectivity index (χ4n) is 2.12. The molecule has 0 spiro atoms. The lowest BCUT2D eigenvalue weighted by Gasteiger charge is -2.12. The highest BCUT2D eigenvalue weighted by Gasteiger charge is 2.11. The average molecular weight is 323 g/mol. The molecule has 0 unspecified atom stereocenters. The Morgan fingerprint density at radius 3 is 2.63 bits per heavy atom. The van der Waals surface area contributed by atoms with Gasteiger partial charge in [0.1, 0.15) is 16.2 Å². The van der Waals surface area contributed by atoms with Gasteiger partial charge in [-0.15, -0.1) is 0 Å². The molecular formula is C15H19BrN2O. The Labute approximate surface area is 122 Å². The summed E-state index contributed by atoms with van der Waals surface area (Å²) in [5, 5.41) is 0. The summed E-state index contributed by atoms with van der Waals surface area (Å²) in [5.74, 6) is 2.35. The van der Waals surface area contributed by atoms with Gasteiger partial charge in [0.15, 0.2) is 0 Å². The molecule has 1 N–H and O–H groups in total. The third kappa shape index (κ3) is 3.18. The Balaban J connectivity index is 2.37. The molecule has 2 aromatic rings. The Bertz CT molecular complexity index is 576. The van der Waals surface area contributed by atoms with Crippen LogP contribution in [0, 0.1) is 6.92 Å². The maximum atomic E-state index is 5.45. The van der Waals surface area contributed by atoms with Crippen molar-refractivity contribution in [1.82, 2.24) is 9.97 Å². The van der Waals surface area contributed by atoms with Gasteiger partial charge in [0, 0.05) is 12.0 Å². The summed E-state index contributed by atoms with van der Waals surface area (Å²) in [5.41, 5.74) is 3.58. The van der Waals surface area contributed by atoms with Crippen LogP contribution in [-0.2, 0) is 6.42 Å². The van der Waals surface area contributed by atoms with E-state index in [0.29, 0.717) is 5.92 Å². The molecule has 0 saturated carbocycles. The largest absolute Gasteiger partial charge is 0.496 e. The molecular weight excluding hydrogens is 304 g/mol. The van der Waals surface area contributed by atoms with E-state index in [1.54, 1.807) is 7.11 Å². The van der Waals surface area contributed by atoms with Gasteiger partial charge in [-0.1, -0.05) is 26.0 Å². The molecule has 102 valence electrons. The van der Waals surface area contributed by atoms with E-state index in [-0.39, 0.29) is 0 Å². The van der Waals surface area contributed by atoms with Crippen LogP contribution >= 0.6 is 15.9 Å². The Hall–Kier alpha value is -1.29. The highest BCUT2D eigenvalue weighted by Crippen LogP contribution is 2.27. The molecule has 0 aliphatic carbocycles. The predicted octanol–water partition coefficient (Wildman–Crippen LogP) is 4.20. The number of H-pyrrole nitrogens is 1. The summed E-state index contributed by atoms with van der Waals surface area (Å²) in [7, 11) is 1.71. The van der Waals surface area contributed by atoms with Crippen molar-refractivity contribution in [3.8, 4) is 5.75 Å². The first-order valence-electron chi connectivity index (χ1n) is 6.39. The number of benzene rings is 1. The van der Waals surface area contributed by atoms with Crippen molar-refractivity contribution in [3.05, 3.63) is 45.4 Å². The maximum absolute atomic E-state index is 5.45. The van der Waals surface area contributed by atoms with Gasteiger partial charge in [-0.25, -0.2) is 4.98 Å². The Kier molecular flexibility index (Phi) is 4.30. The minimum atomic E-state index is 0.511. The number of hydrogen-bond donors (Lipinski definition) is 1. The molecule has 0 radical (unpaired) electrons. The molecule has 0 bridgehead atoms. The third-order valence-electron chi connectivity index (χ3n) is 3.19. The maximum Gasteiger partial charge on any atom is 0.127 e. The molecule has 0 saturated heterocycles. The summed E-state index contributed by atoms with van der Waals surface area (Å²) in [4.78, 5) is 7.62. The third-order valence-corrected chi connectivity index (χ3v) is 3.84. The SMILES string of the molecule is COc1ccc(C(C)C)cc1Cc1[nH]c(C)nc1Br. The number of methoxy groups -OCH3 is 1. The molecule has 0 amide bonds. The van der Waals surface area contributed by atoms with Crippen LogP contribution in [0.2, 0.25) is 0 Å². The van der Waals surface area contributed by atoms with Gasteiger partial charge in [-0.05, 0) is 40.4 Å². The van der Waals surface area contributed by atoms with Gasteiger partial charge in [0.05, 0.1) is 12.8 Å². The molecule has 0 atom stereocenters. The average Bonchev–Trinajstić information content (AvgIpc) is 2.67. The molecule has 2 rings (SSSR count). The predicted molar refractivity (Wildman–Crippen MR) is 80.9 cm³/mol. The summed E-state index contributed by atoms with van der Waals surface area (Å²) >= 11 is 3.49. The van der Waals surface area contributed by atoms with Crippen LogP contribution in [0.15, 0.2) is 22.8 Å². The standard InChI is InChI=1S/C15H19BrN2O/c1-9(2)11-5-6-14(19-4)12(7-11)8-13-15(16)18-10(3)17-13/h5-7,9H,8H2,1-4H3,(H,17,18). The second-order valence-corrected chi connectivity index (χ2v) is 5.75. The fourth-order valence-corrected chi connectivity index (χ4v) is 2.62. The van der Waals surface area contributed by atoms with E-state index < -0.39 is 0 Å². The molecule has 1 heterocycles. The van der Waals surface area contributed by atoms with E-state index in [1.165, 1.54) is 11.1 Å². The quantitative estimate of drug-likeness (QED) is 0.915. The molecule has 3 nitrogen and oxygen atoms in total. The summed E-state index contributed by atoms with van der Waals surface area (Å²) in [6, 6.07) is 6.38. The van der Waals surface area contributed by atoms with E-state index in [0.717, 1.165) is 28.3 Å². The summed E-state index contributed by atoms with van der Waals surface area (Å²) in [6.07, 6.45) is 0.783. The lowest BCUT2D eigenvalue weighted by molar-refractivity contribution is 0.410. The second-order valence-electron chi connectivity index (χ2n) is 4.99. The van der Waals surface area contributed by atoms with Crippen LogP contribution in [0.1, 0.15) is 42.4 Å². The van der Waals surface area contributed by atoms with Crippen molar-refractivity contribution in [2.24, 2.45) is 0 Å². The molecule has 0 aliphatic rings. The van der Waals surface area contributed by atoms with Crippen molar-refractivity contribution in [2.75, 3.05) is 7.11 Å². The zero-order chi connectivity index (χ0) is 14.0. The van der Waals surface area contributed by atoms with Crippen LogP contribution in [0.4, 0.5) is 0 Å². The van der Waals surface area contributed by atoms with Crippen LogP contribution in [0.5, 0.6) is 5.75 Å². The van der Waals surface area contributed by atoms with Gasteiger partial charge < -0.3 is 9.72 Å². The van der Waals surface area contributed by atoms with Crippen LogP contribution in [0.3, 0.4) is 0 Å². The van der Waals surface area contributed by atoms with Crippen LogP contribution in [-0.4, -0.2) is 17.1 Å². The van der Waals surface area contributed by atoms with Crippen molar-refractivity contribution in [1.29, 1.82) is 0 Å². The monoisotopic (exact) mass is 322 g/mol. The highest BCUT2D eigenvalue weighted by molar-refractivity contribution is 9.10. The fraction of sp³-hybridized carbons (Fsp3) is 0.400. The van der Waals surface area contributed by atoms with Gasteiger partial charge in [-0.3, -0.25) is 0 Å². The number of aromatic nitrogens is 2. The number of rotatable bonds is 4. The van der Waals surface area contributed by atoms with E-state index in [9.17, 15) is 0 Å². The number of nitrogens with one attached hydrogen (secondary N) is 1. The van der Waals surface area contributed by atoms with Gasteiger partial charge in [0.2, 0.25) is 0 Å². The van der Waals surface area contributed by atoms with E-state index >= 15 is 0 Å². The molecule has 0 fully saturated rings. The molecule has 19 heavy (non-hydrogen) atoms. The minimum Gasteiger partial charge on any atom is -0.496 e. The number of hydrogen-bond acceptors (Lipinski definition) is 2. The highest BCUT2D eigenvalue weighted by atomic mass is 79.9. The number of imidazole rings is 1. The first-order chi connectivity index (χ1) is 9.01. The van der Waals surface area contributed by atoms with Gasteiger partial charge >= 0.3 is 0 Å². The minimum absolute atomic E-state index is 0.511. The Morgan fingerprint density at radius 1 is 1.37 bits per heavy atom. The Morgan fingerprint density at radius 2 is 2.11 bits per heavy atom. The zero-order valence-electron chi connectivity index (χ0n) is 11.7. The van der Waals surface area contributed by atoms with Crippen molar-refractivity contribution in [2.45, 2.75) is 33.1 Å². The van der Waals surface area contributed by atoms with E-state index in [2.05, 4.69) is 51.9 Å². The topological polar surface area (TPSA) is 37.9 Å². The van der Waals surface area contributed by atoms with Crippen molar-refractivity contribution in [3.63, 3.8) is 0 Å². The second kappa shape index (κ2) is 5.78. The number of aromatic amines is 1. The van der Waals surface area contributed by atoms with Crippen LogP contribution in [0.25, 0.3) is 0 Å². The molecule has 1 aromatic carbocycles. The number of nitrogens with zero attached hydrogens (tertiary/aromatic N) is 1. The lowest BCUT2D eigenvalue weighted by atomic mass is 9.98. The molecule has 0 aliphatic heterocycles. The number of halogens is 1. The summed E-state index contributed by atoms with van der Waals surface area (Å²) < 4.78 is 6.33. The van der Waals surface area contributed by atoms with Gasteiger partial charge in [0.25, 0.3) is 0 Å². The zero-order valence-corrected chi connectivity index (χ0v) is 13.3. The smallest absolute Gasteiger partial charge is 0.127 e. The normalized spacial score (nSPS) is 11.1. The molecule has 1 aromatic heterocycles. The van der Waals surface area contributed by atoms with Gasteiger partial charge in [-0.2, -0.15) is 0 Å². The summed E-state index contributed by atoms with van der Waals surface area (Å²) in [6.45, 7) is 6.35.